The van der Waals surface area contributed by atoms with Gasteiger partial charge < -0.3 is 10.8 Å². The summed E-state index contributed by atoms with van der Waals surface area (Å²) in [7, 11) is 0. The molecular formula is C11H14BrCl2NO. The van der Waals surface area contributed by atoms with Crippen molar-refractivity contribution in [3.8, 4) is 5.75 Å². The van der Waals surface area contributed by atoms with E-state index in [1.807, 2.05) is 6.92 Å². The van der Waals surface area contributed by atoms with Crippen LogP contribution in [0.1, 0.15) is 24.9 Å². The second-order valence-electron chi connectivity index (χ2n) is 3.56. The van der Waals surface area contributed by atoms with Gasteiger partial charge in [0.15, 0.2) is 0 Å². The van der Waals surface area contributed by atoms with Gasteiger partial charge >= 0.3 is 0 Å². The van der Waals surface area contributed by atoms with Gasteiger partial charge in [0.05, 0.1) is 4.47 Å². The first kappa shape index (κ1) is 15.8. The largest absolute Gasteiger partial charge is 0.506 e. The molecular weight excluding hydrogens is 313 g/mol. The normalized spacial score (nSPS) is 11.8. The summed E-state index contributed by atoms with van der Waals surface area (Å²) in [5.74, 6) is 0.108. The minimum atomic E-state index is -0.326. The number of hydrogen-bond donors (Lipinski definition) is 2. The highest BCUT2D eigenvalue weighted by atomic mass is 79.9. The molecule has 5 heteroatoms. The van der Waals surface area contributed by atoms with Gasteiger partial charge in [-0.05, 0) is 41.4 Å². The first-order chi connectivity index (χ1) is 6.93. The number of rotatable bonds is 3. The van der Waals surface area contributed by atoms with Crippen LogP contribution in [0.3, 0.4) is 0 Å². The van der Waals surface area contributed by atoms with Crippen molar-refractivity contribution in [3.05, 3.63) is 39.3 Å². The van der Waals surface area contributed by atoms with Crippen LogP contribution >= 0.6 is 39.9 Å². The molecule has 1 aromatic carbocycles. The lowest BCUT2D eigenvalue weighted by molar-refractivity contribution is 0.458. The summed E-state index contributed by atoms with van der Waals surface area (Å²) in [5, 5.41) is 10.3. The average Bonchev–Trinajstić information content (AvgIpc) is 2.11. The van der Waals surface area contributed by atoms with Crippen molar-refractivity contribution in [1.82, 2.24) is 0 Å². The van der Waals surface area contributed by atoms with Crippen LogP contribution in [-0.4, -0.2) is 5.11 Å². The molecule has 0 spiro atoms. The van der Waals surface area contributed by atoms with Crippen LogP contribution in [0.25, 0.3) is 0 Å². The SMILES string of the molecule is C=C(C)C[C@H](N)c1c(Cl)ccc(Br)c1O.Cl. The molecule has 0 heterocycles. The Morgan fingerprint density at radius 2 is 2.19 bits per heavy atom. The van der Waals surface area contributed by atoms with Gasteiger partial charge in [-0.3, -0.25) is 0 Å². The molecule has 0 radical (unpaired) electrons. The molecule has 0 aliphatic rings. The van der Waals surface area contributed by atoms with Crippen molar-refractivity contribution in [2.45, 2.75) is 19.4 Å². The number of aromatic hydroxyl groups is 1. The highest BCUT2D eigenvalue weighted by Crippen LogP contribution is 2.37. The molecule has 1 atom stereocenters. The van der Waals surface area contributed by atoms with Crippen LogP contribution in [0, 0.1) is 0 Å². The molecule has 90 valence electrons. The van der Waals surface area contributed by atoms with Gasteiger partial charge in [-0.25, -0.2) is 0 Å². The Hall–Kier alpha value is -0.220. The van der Waals surface area contributed by atoms with Gasteiger partial charge in [0.1, 0.15) is 5.75 Å². The van der Waals surface area contributed by atoms with Crippen LogP contribution < -0.4 is 5.73 Å². The summed E-state index contributed by atoms with van der Waals surface area (Å²) < 4.78 is 0.596. The predicted octanol–water partition coefficient (Wildman–Crippen LogP) is 4.20. The molecule has 0 bridgehead atoms. The van der Waals surface area contributed by atoms with Crippen LogP contribution in [0.4, 0.5) is 0 Å². The summed E-state index contributed by atoms with van der Waals surface area (Å²) in [5.41, 5.74) is 7.46. The molecule has 0 amide bonds. The first-order valence-corrected chi connectivity index (χ1v) is 5.67. The number of halogens is 3. The van der Waals surface area contributed by atoms with Gasteiger partial charge in [-0.1, -0.05) is 17.2 Å². The van der Waals surface area contributed by atoms with E-state index in [1.54, 1.807) is 12.1 Å². The number of benzene rings is 1. The third kappa shape index (κ3) is 3.67. The van der Waals surface area contributed by atoms with Crippen LogP contribution in [0.5, 0.6) is 5.75 Å². The van der Waals surface area contributed by atoms with Crippen molar-refractivity contribution in [2.24, 2.45) is 5.73 Å². The molecule has 0 aliphatic heterocycles. The highest BCUT2D eigenvalue weighted by Gasteiger charge is 2.17. The van der Waals surface area contributed by atoms with E-state index in [4.69, 9.17) is 17.3 Å². The maximum Gasteiger partial charge on any atom is 0.136 e. The summed E-state index contributed by atoms with van der Waals surface area (Å²) in [6.45, 7) is 5.68. The van der Waals surface area contributed by atoms with E-state index < -0.39 is 0 Å². The third-order valence-corrected chi connectivity index (χ3v) is 3.02. The van der Waals surface area contributed by atoms with Gasteiger partial charge in [0.25, 0.3) is 0 Å². The average molecular weight is 327 g/mol. The Balaban J connectivity index is 0.00000225. The molecule has 3 N–H and O–H groups in total. The van der Waals surface area contributed by atoms with Gasteiger partial charge in [-0.15, -0.1) is 19.0 Å². The molecule has 1 rings (SSSR count). The van der Waals surface area contributed by atoms with E-state index in [0.717, 1.165) is 5.57 Å². The maximum absolute atomic E-state index is 9.82. The molecule has 0 aliphatic carbocycles. The smallest absolute Gasteiger partial charge is 0.136 e. The molecule has 0 unspecified atom stereocenters. The Morgan fingerprint density at radius 1 is 1.62 bits per heavy atom. The summed E-state index contributed by atoms with van der Waals surface area (Å²) in [4.78, 5) is 0. The summed E-state index contributed by atoms with van der Waals surface area (Å²) >= 11 is 9.22. The Bertz CT molecular complexity index is 396. The molecule has 0 saturated heterocycles. The van der Waals surface area contributed by atoms with Gasteiger partial charge in [0.2, 0.25) is 0 Å². The lowest BCUT2D eigenvalue weighted by Crippen LogP contribution is -2.11. The van der Waals surface area contributed by atoms with Crippen molar-refractivity contribution in [3.63, 3.8) is 0 Å². The fraction of sp³-hybridized carbons (Fsp3) is 0.273. The van der Waals surface area contributed by atoms with Crippen molar-refractivity contribution >= 4 is 39.9 Å². The summed E-state index contributed by atoms with van der Waals surface area (Å²) in [6.07, 6.45) is 0.601. The maximum atomic E-state index is 9.82. The Morgan fingerprint density at radius 3 is 2.69 bits per heavy atom. The van der Waals surface area contributed by atoms with Crippen molar-refractivity contribution < 1.29 is 5.11 Å². The Kier molecular flexibility index (Phi) is 6.41. The second kappa shape index (κ2) is 6.50. The van der Waals surface area contributed by atoms with Crippen LogP contribution in [0.2, 0.25) is 5.02 Å². The fourth-order valence-corrected chi connectivity index (χ4v) is 2.03. The molecule has 16 heavy (non-hydrogen) atoms. The van der Waals surface area contributed by atoms with E-state index in [0.29, 0.717) is 21.5 Å². The van der Waals surface area contributed by atoms with Gasteiger partial charge in [0, 0.05) is 16.6 Å². The molecule has 0 aromatic heterocycles. The second-order valence-corrected chi connectivity index (χ2v) is 4.82. The standard InChI is InChI=1S/C11H13BrClNO.ClH/c1-6(2)5-9(14)10-8(13)4-3-7(12)11(10)15;/h3-4,9,15H,1,5,14H2,2H3;1H/t9-;/m0./s1. The van der Waals surface area contributed by atoms with E-state index >= 15 is 0 Å². The predicted molar refractivity (Wildman–Crippen MR) is 74.4 cm³/mol. The van der Waals surface area contributed by atoms with Crippen LogP contribution in [-0.2, 0) is 0 Å². The first-order valence-electron chi connectivity index (χ1n) is 4.50. The number of phenols is 1. The highest BCUT2D eigenvalue weighted by molar-refractivity contribution is 9.10. The van der Waals surface area contributed by atoms with E-state index in [9.17, 15) is 5.11 Å². The Labute approximate surface area is 115 Å². The van der Waals surface area contributed by atoms with E-state index in [2.05, 4.69) is 22.5 Å². The third-order valence-electron chi connectivity index (χ3n) is 2.05. The zero-order valence-electron chi connectivity index (χ0n) is 8.84. The minimum absolute atomic E-state index is 0. The fourth-order valence-electron chi connectivity index (χ4n) is 1.39. The topological polar surface area (TPSA) is 46.2 Å². The minimum Gasteiger partial charge on any atom is -0.506 e. The molecule has 2 nitrogen and oxygen atoms in total. The number of hydrogen-bond acceptors (Lipinski definition) is 2. The molecule has 1 aromatic rings. The lowest BCUT2D eigenvalue weighted by atomic mass is 10.0. The zero-order valence-corrected chi connectivity index (χ0v) is 12.0. The molecule has 0 fully saturated rings. The zero-order chi connectivity index (χ0) is 11.6. The number of phenolic OH excluding ortho intramolecular Hbond substituents is 1. The van der Waals surface area contributed by atoms with Gasteiger partial charge in [-0.2, -0.15) is 0 Å². The van der Waals surface area contributed by atoms with Crippen molar-refractivity contribution in [2.75, 3.05) is 0 Å². The molecule has 0 saturated carbocycles. The summed E-state index contributed by atoms with van der Waals surface area (Å²) in [6, 6.07) is 3.07. The van der Waals surface area contributed by atoms with E-state index in [1.165, 1.54) is 0 Å². The quantitative estimate of drug-likeness (QED) is 0.818. The van der Waals surface area contributed by atoms with Crippen LogP contribution in [0.15, 0.2) is 28.8 Å². The number of nitrogens with two attached hydrogens (primary N) is 1. The lowest BCUT2D eigenvalue weighted by Gasteiger charge is -2.16. The monoisotopic (exact) mass is 325 g/mol. The van der Waals surface area contributed by atoms with Crippen molar-refractivity contribution in [1.29, 1.82) is 0 Å². The van der Waals surface area contributed by atoms with E-state index in [-0.39, 0.29) is 24.2 Å².